The Morgan fingerprint density at radius 2 is 1.72 bits per heavy atom. The monoisotopic (exact) mass is 244 g/mol. The molecule has 2 heteroatoms. The van der Waals surface area contributed by atoms with Gasteiger partial charge in [-0.15, -0.1) is 0 Å². The predicted molar refractivity (Wildman–Crippen MR) is 78.8 cm³/mol. The van der Waals surface area contributed by atoms with Gasteiger partial charge >= 0.3 is 0 Å². The molecule has 0 spiro atoms. The molecule has 98 valence electrons. The van der Waals surface area contributed by atoms with E-state index in [9.17, 15) is 0 Å². The standard InChI is InChI=1S/C16H24N2/c1-5-6-7-17-8-9-18(12-17)16-14(3)10-13(2)11-15(16)4/h8-11H,5-7,12H2,1-4H3. The van der Waals surface area contributed by atoms with Crippen molar-refractivity contribution < 1.29 is 0 Å². The smallest absolute Gasteiger partial charge is 0.0942 e. The normalized spacial score (nSPS) is 14.7. The Labute approximate surface area is 111 Å². The van der Waals surface area contributed by atoms with E-state index >= 15 is 0 Å². The zero-order valence-electron chi connectivity index (χ0n) is 12.0. The molecule has 0 N–H and O–H groups in total. The number of nitrogens with zero attached hydrogens (tertiary/aromatic N) is 2. The van der Waals surface area contributed by atoms with Gasteiger partial charge in [0.1, 0.15) is 0 Å². The summed E-state index contributed by atoms with van der Waals surface area (Å²) < 4.78 is 0. The van der Waals surface area contributed by atoms with Gasteiger partial charge in [-0.05, 0) is 38.3 Å². The second kappa shape index (κ2) is 5.47. The number of benzene rings is 1. The topological polar surface area (TPSA) is 6.48 Å². The highest BCUT2D eigenvalue weighted by atomic mass is 15.3. The van der Waals surface area contributed by atoms with Crippen LogP contribution in [0.1, 0.15) is 36.5 Å². The van der Waals surface area contributed by atoms with Crippen LogP contribution in [-0.4, -0.2) is 18.1 Å². The molecule has 1 aliphatic heterocycles. The van der Waals surface area contributed by atoms with E-state index < -0.39 is 0 Å². The maximum absolute atomic E-state index is 2.39. The van der Waals surface area contributed by atoms with Crippen LogP contribution in [0.3, 0.4) is 0 Å². The zero-order valence-corrected chi connectivity index (χ0v) is 12.0. The summed E-state index contributed by atoms with van der Waals surface area (Å²) in [5.74, 6) is 0. The molecule has 0 bridgehead atoms. The van der Waals surface area contributed by atoms with E-state index in [2.05, 4.69) is 62.0 Å². The molecule has 1 aromatic carbocycles. The van der Waals surface area contributed by atoms with Crippen LogP contribution < -0.4 is 4.90 Å². The molecule has 2 nitrogen and oxygen atoms in total. The zero-order chi connectivity index (χ0) is 13.1. The van der Waals surface area contributed by atoms with Crippen molar-refractivity contribution in [3.05, 3.63) is 41.2 Å². The van der Waals surface area contributed by atoms with Gasteiger partial charge in [0.25, 0.3) is 0 Å². The van der Waals surface area contributed by atoms with Crippen molar-refractivity contribution >= 4 is 5.69 Å². The van der Waals surface area contributed by atoms with Gasteiger partial charge in [-0.3, -0.25) is 0 Å². The average molecular weight is 244 g/mol. The van der Waals surface area contributed by atoms with E-state index in [-0.39, 0.29) is 0 Å². The first kappa shape index (κ1) is 13.0. The third-order valence-electron chi connectivity index (χ3n) is 3.51. The SMILES string of the molecule is CCCCN1C=CN(c2c(C)cc(C)cc2C)C1. The molecule has 1 aliphatic rings. The molecule has 18 heavy (non-hydrogen) atoms. The number of anilines is 1. The molecule has 0 radical (unpaired) electrons. The lowest BCUT2D eigenvalue weighted by Crippen LogP contribution is -2.26. The molecule has 0 fully saturated rings. The lowest BCUT2D eigenvalue weighted by Gasteiger charge is -2.24. The maximum atomic E-state index is 2.39. The van der Waals surface area contributed by atoms with Gasteiger partial charge in [-0.1, -0.05) is 31.0 Å². The number of aryl methyl sites for hydroxylation is 3. The van der Waals surface area contributed by atoms with Crippen LogP contribution in [0, 0.1) is 20.8 Å². The summed E-state index contributed by atoms with van der Waals surface area (Å²) in [6, 6.07) is 4.54. The Morgan fingerprint density at radius 3 is 2.33 bits per heavy atom. The van der Waals surface area contributed by atoms with Crippen LogP contribution >= 0.6 is 0 Å². The fourth-order valence-electron chi connectivity index (χ4n) is 2.74. The van der Waals surface area contributed by atoms with E-state index in [1.54, 1.807) is 0 Å². The Kier molecular flexibility index (Phi) is 3.95. The summed E-state index contributed by atoms with van der Waals surface area (Å²) in [6.07, 6.45) is 6.95. The van der Waals surface area contributed by atoms with E-state index in [1.807, 2.05) is 0 Å². The minimum atomic E-state index is 0.991. The lowest BCUT2D eigenvalue weighted by molar-refractivity contribution is 0.396. The Bertz CT molecular complexity index is 425. The summed E-state index contributed by atoms with van der Waals surface area (Å²) >= 11 is 0. The molecule has 0 atom stereocenters. The fourth-order valence-corrected chi connectivity index (χ4v) is 2.74. The van der Waals surface area contributed by atoms with Gasteiger partial charge in [-0.2, -0.15) is 0 Å². The van der Waals surface area contributed by atoms with Crippen molar-refractivity contribution in [2.24, 2.45) is 0 Å². The Hall–Kier alpha value is -1.44. The third-order valence-corrected chi connectivity index (χ3v) is 3.51. The van der Waals surface area contributed by atoms with Crippen LogP contribution in [0.15, 0.2) is 24.5 Å². The molecule has 0 amide bonds. The molecule has 0 aromatic heterocycles. The molecule has 2 rings (SSSR count). The van der Waals surface area contributed by atoms with E-state index in [0.29, 0.717) is 0 Å². The molecule has 1 aromatic rings. The van der Waals surface area contributed by atoms with Crippen LogP contribution in [0.4, 0.5) is 5.69 Å². The van der Waals surface area contributed by atoms with Gasteiger partial charge in [0.05, 0.1) is 6.67 Å². The molecule has 0 aliphatic carbocycles. The van der Waals surface area contributed by atoms with Gasteiger partial charge in [0.2, 0.25) is 0 Å². The average Bonchev–Trinajstić information content (AvgIpc) is 2.73. The summed E-state index contributed by atoms with van der Waals surface area (Å²) in [6.45, 7) is 11.0. The summed E-state index contributed by atoms with van der Waals surface area (Å²) in [7, 11) is 0. The molecular formula is C16H24N2. The first-order valence-corrected chi connectivity index (χ1v) is 6.88. The predicted octanol–water partition coefficient (Wildman–Crippen LogP) is 3.96. The van der Waals surface area contributed by atoms with Gasteiger partial charge in [0.15, 0.2) is 0 Å². The van der Waals surface area contributed by atoms with Crippen molar-refractivity contribution in [1.29, 1.82) is 0 Å². The van der Waals surface area contributed by atoms with Crippen molar-refractivity contribution in [2.75, 3.05) is 18.1 Å². The minimum Gasteiger partial charge on any atom is -0.358 e. The van der Waals surface area contributed by atoms with E-state index in [0.717, 1.165) is 13.2 Å². The molecule has 0 unspecified atom stereocenters. The molecule has 1 heterocycles. The van der Waals surface area contributed by atoms with Crippen molar-refractivity contribution in [2.45, 2.75) is 40.5 Å². The highest BCUT2D eigenvalue weighted by Crippen LogP contribution is 2.28. The first-order chi connectivity index (χ1) is 8.61. The number of rotatable bonds is 4. The summed E-state index contributed by atoms with van der Waals surface area (Å²) in [5.41, 5.74) is 5.46. The summed E-state index contributed by atoms with van der Waals surface area (Å²) in [4.78, 5) is 4.75. The number of hydrogen-bond acceptors (Lipinski definition) is 2. The largest absolute Gasteiger partial charge is 0.358 e. The maximum Gasteiger partial charge on any atom is 0.0942 e. The minimum absolute atomic E-state index is 0.991. The Morgan fingerprint density at radius 1 is 1.06 bits per heavy atom. The van der Waals surface area contributed by atoms with Crippen LogP contribution in [0.2, 0.25) is 0 Å². The van der Waals surface area contributed by atoms with Gasteiger partial charge in [0, 0.05) is 24.6 Å². The second-order valence-corrected chi connectivity index (χ2v) is 5.32. The molecule has 0 saturated carbocycles. The number of unbranched alkanes of at least 4 members (excludes halogenated alkanes) is 1. The van der Waals surface area contributed by atoms with Crippen molar-refractivity contribution in [3.63, 3.8) is 0 Å². The lowest BCUT2D eigenvalue weighted by atomic mass is 10.0. The van der Waals surface area contributed by atoms with Gasteiger partial charge < -0.3 is 9.80 Å². The fraction of sp³-hybridized carbons (Fsp3) is 0.500. The second-order valence-electron chi connectivity index (χ2n) is 5.32. The highest BCUT2D eigenvalue weighted by molar-refractivity contribution is 5.62. The van der Waals surface area contributed by atoms with Crippen molar-refractivity contribution in [1.82, 2.24) is 4.90 Å². The third kappa shape index (κ3) is 2.69. The number of hydrogen-bond donors (Lipinski definition) is 0. The quantitative estimate of drug-likeness (QED) is 0.791. The molecular weight excluding hydrogens is 220 g/mol. The van der Waals surface area contributed by atoms with E-state index in [4.69, 9.17) is 0 Å². The van der Waals surface area contributed by atoms with Crippen molar-refractivity contribution in [3.8, 4) is 0 Å². The highest BCUT2D eigenvalue weighted by Gasteiger charge is 2.16. The van der Waals surface area contributed by atoms with Gasteiger partial charge in [-0.25, -0.2) is 0 Å². The van der Waals surface area contributed by atoms with Crippen LogP contribution in [-0.2, 0) is 0 Å². The Balaban J connectivity index is 2.13. The first-order valence-electron chi connectivity index (χ1n) is 6.88. The summed E-state index contributed by atoms with van der Waals surface area (Å²) in [5, 5.41) is 0. The van der Waals surface area contributed by atoms with Crippen LogP contribution in [0.25, 0.3) is 0 Å². The van der Waals surface area contributed by atoms with Crippen LogP contribution in [0.5, 0.6) is 0 Å². The van der Waals surface area contributed by atoms with E-state index in [1.165, 1.54) is 35.2 Å². The molecule has 0 saturated heterocycles.